The second kappa shape index (κ2) is 50.6. The molecule has 7 saturated heterocycles. The van der Waals surface area contributed by atoms with E-state index in [2.05, 4.69) is 10.0 Å². The van der Waals surface area contributed by atoms with E-state index in [-0.39, 0.29) is 25.4 Å². The van der Waals surface area contributed by atoms with Crippen LogP contribution in [0, 0.1) is 0 Å². The van der Waals surface area contributed by atoms with Gasteiger partial charge in [0.1, 0.15) is 167 Å². The molecule has 0 saturated carbocycles. The third kappa shape index (κ3) is 27.2. The largest absolute Gasteiger partial charge is 0.463 e. The third-order valence-corrected chi connectivity index (χ3v) is 21.1. The molecule has 0 spiro atoms. The number of carbonyl (C=O) groups is 10. The Kier molecular flexibility index (Phi) is 41.7. The highest BCUT2D eigenvalue weighted by molar-refractivity contribution is 5.89. The summed E-state index contributed by atoms with van der Waals surface area (Å²) in [6.07, 6.45) is -50.4. The molecule has 718 valence electrons. The topological polar surface area (TPSA) is 543 Å². The zero-order valence-corrected chi connectivity index (χ0v) is 74.3. The van der Waals surface area contributed by atoms with Crippen LogP contribution in [0.2, 0.25) is 0 Å². The van der Waals surface area contributed by atoms with E-state index in [0.717, 1.165) is 55.4 Å². The van der Waals surface area contributed by atoms with E-state index in [0.29, 0.717) is 0 Å². The average molecular weight is 1830 g/mol. The van der Waals surface area contributed by atoms with E-state index in [1.165, 1.54) is 104 Å². The van der Waals surface area contributed by atoms with Gasteiger partial charge in [-0.1, -0.05) is 23.3 Å². The van der Waals surface area contributed by atoms with E-state index < -0.39 is 301 Å². The average Bonchev–Trinajstić information content (AvgIpc) is 0.759. The van der Waals surface area contributed by atoms with Gasteiger partial charge in [-0.25, -0.2) is 4.79 Å². The summed E-state index contributed by atoms with van der Waals surface area (Å²) in [4.78, 5) is 133. The lowest BCUT2D eigenvalue weighted by molar-refractivity contribution is -0.402. The first-order valence-corrected chi connectivity index (χ1v) is 40.2. The van der Waals surface area contributed by atoms with Crippen LogP contribution in [0.15, 0.2) is 35.4 Å². The smallest absolute Gasteiger partial charge is 0.338 e. The number of benzene rings is 1. The number of ether oxygens (including phenoxy) is 35. The fourth-order valence-electron chi connectivity index (χ4n) is 16.0. The van der Waals surface area contributed by atoms with Crippen molar-refractivity contribution in [2.45, 2.75) is 277 Å². The summed E-state index contributed by atoms with van der Waals surface area (Å²) < 4.78 is 217. The monoisotopic (exact) mass is 1830 g/mol. The number of hydrogen-bond acceptors (Lipinski definition) is 46. The van der Waals surface area contributed by atoms with E-state index >= 15 is 0 Å². The van der Waals surface area contributed by atoms with Crippen LogP contribution in [0.5, 0.6) is 0 Å². The van der Waals surface area contributed by atoms with Crippen LogP contribution in [-0.2, 0) is 209 Å². The Morgan fingerprint density at radius 1 is 0.268 bits per heavy atom. The van der Waals surface area contributed by atoms with E-state index in [9.17, 15) is 53.5 Å². The third-order valence-electron chi connectivity index (χ3n) is 21.1. The first-order valence-electron chi connectivity index (χ1n) is 40.2. The summed E-state index contributed by atoms with van der Waals surface area (Å²) in [5.74, 6) is -9.19. The van der Waals surface area contributed by atoms with Crippen molar-refractivity contribution in [2.75, 3.05) is 132 Å². The van der Waals surface area contributed by atoms with Gasteiger partial charge in [-0.15, -0.1) is 0 Å². The molecule has 0 bridgehead atoms. The van der Waals surface area contributed by atoms with Crippen molar-refractivity contribution in [1.82, 2.24) is 0 Å². The van der Waals surface area contributed by atoms with E-state index in [1.807, 2.05) is 0 Å². The molecular formula is C79H117N3O45. The van der Waals surface area contributed by atoms with Crippen LogP contribution in [0.25, 0.3) is 10.4 Å². The lowest BCUT2D eigenvalue weighted by Gasteiger charge is -2.52. The zero-order valence-electron chi connectivity index (χ0n) is 74.3. The Morgan fingerprint density at radius 3 is 0.780 bits per heavy atom. The van der Waals surface area contributed by atoms with Crippen molar-refractivity contribution in [3.63, 3.8) is 0 Å². The molecule has 48 nitrogen and oxygen atoms in total. The Balaban J connectivity index is 1.11. The van der Waals surface area contributed by atoms with Crippen LogP contribution in [0.4, 0.5) is 0 Å². The van der Waals surface area contributed by atoms with Gasteiger partial charge in [0.15, 0.2) is 68.3 Å². The van der Waals surface area contributed by atoms with Crippen molar-refractivity contribution < 1.29 is 214 Å². The van der Waals surface area contributed by atoms with Gasteiger partial charge in [0.05, 0.1) is 25.4 Å². The molecule has 0 aliphatic carbocycles. The number of nitrogens with zero attached hydrogens (tertiary/aromatic N) is 3. The summed E-state index contributed by atoms with van der Waals surface area (Å²) in [7, 11) is 16.2. The van der Waals surface area contributed by atoms with Crippen molar-refractivity contribution in [2.24, 2.45) is 5.11 Å². The predicted molar refractivity (Wildman–Crippen MR) is 412 cm³/mol. The quantitative estimate of drug-likeness (QED) is 0.0271. The highest BCUT2D eigenvalue weighted by Gasteiger charge is 2.63. The van der Waals surface area contributed by atoms with Crippen molar-refractivity contribution >= 4 is 59.7 Å². The molecule has 7 fully saturated rings. The lowest BCUT2D eigenvalue weighted by atomic mass is 9.94. The van der Waals surface area contributed by atoms with Crippen LogP contribution >= 0.6 is 0 Å². The second-order valence-corrected chi connectivity index (χ2v) is 29.6. The standard InChI is InChI=1S/C79H117N3O45/c1-34(83)105-30-47-52(59(96-13)51(81-82-80)73(115-47)114-42(9)91)122-74-66(101-18)60(97-14)53(44(116-74)27-93-10)123-75-67(102-19)61(98-15)54(45(117-75)28-94-11)124-76-68(103-20)62(99-16)55(46(118-76)29-95-12)125-77-69(104-21)63(100-17)56(50(119-77)33-108-72(92)43-25-23-22-24-26-43)126-78-71(113-41(8)90)65(111-39(6)88)58(49(121-78)32-107-36(3)85)127-79-70(112-40(7)89)64(110-38(5)87)57(109-37(4)86)48(120-79)31-106-35(2)84/h22-26,44-71,73-79H,27-33H2,1-21H3/t44-,45-,46?,47?,48-,49-,50?,51?,52+,53-,54-,55+,56+,57-,58-,59-,60?,61?,62+,63+,64?,65?,66?,67?,68?,69?,70?,71?,73?,74-,75-,76+,77+,78-,79-/m1/s1. The highest BCUT2D eigenvalue weighted by atomic mass is 16.8. The Bertz CT molecular complexity index is 3740. The molecule has 35 atom stereocenters. The molecule has 48 heteroatoms. The van der Waals surface area contributed by atoms with Gasteiger partial charge in [-0.3, -0.25) is 43.2 Å². The summed E-state index contributed by atoms with van der Waals surface area (Å²) in [6, 6.07) is 6.47. The molecule has 8 rings (SSSR count). The highest BCUT2D eigenvalue weighted by Crippen LogP contribution is 2.43. The molecule has 0 amide bonds. The number of esters is 10. The van der Waals surface area contributed by atoms with Crippen LogP contribution in [-0.4, -0.2) is 406 Å². The molecule has 7 aliphatic heterocycles. The SMILES string of the molecule is COCC1O[C@@H](O[C@H]2C(OC)C(OC)[C@@H](O[C@H]3C(OC)C(OC)[C@@H](O[C@H]4C(COC(C)=O)OC(OC(C)=O)C(N=[N+]=[N-])[C@H]4OC)O[C@@H]3COC)O[C@@H]2COC)C(OC)[C@@H](OC)[C@H]1O[C@@H]1OC(COC(=O)c2ccccc2)[C@H](O[C@H]2O[C@H](COC(C)=O)[C@@H](O[C@H]3O[C@H](COC(C)=O)[C@@H](OC(C)=O)C(OC(C)=O)C3OC(C)=O)C(OC(C)=O)C2OC(C)=O)[C@H](OC)C1OC. The first kappa shape index (κ1) is 105. The summed E-state index contributed by atoms with van der Waals surface area (Å²) >= 11 is 0. The van der Waals surface area contributed by atoms with Gasteiger partial charge in [0.2, 0.25) is 6.29 Å². The maximum absolute atomic E-state index is 14.1. The Labute approximate surface area is 731 Å². The predicted octanol–water partition coefficient (Wildman–Crippen LogP) is -0.107. The normalized spacial score (nSPS) is 36.7. The van der Waals surface area contributed by atoms with Gasteiger partial charge < -0.3 is 166 Å². The van der Waals surface area contributed by atoms with Crippen LogP contribution in [0.3, 0.4) is 0 Å². The Hall–Kier alpha value is -7.77. The summed E-state index contributed by atoms with van der Waals surface area (Å²) in [5, 5.41) is 3.83. The van der Waals surface area contributed by atoms with E-state index in [4.69, 9.17) is 166 Å². The van der Waals surface area contributed by atoms with E-state index in [1.54, 1.807) is 18.2 Å². The molecule has 1 aromatic carbocycles. The van der Waals surface area contributed by atoms with Crippen molar-refractivity contribution in [3.05, 3.63) is 46.3 Å². The van der Waals surface area contributed by atoms with Gasteiger partial charge in [0, 0.05) is 153 Å². The minimum Gasteiger partial charge on any atom is -0.463 e. The van der Waals surface area contributed by atoms with Gasteiger partial charge in [-0.05, 0) is 17.7 Å². The molecular weight excluding hydrogens is 1710 g/mol. The lowest BCUT2D eigenvalue weighted by Crippen LogP contribution is -2.69. The molecule has 0 N–H and O–H groups in total. The maximum Gasteiger partial charge on any atom is 0.338 e. The first-order chi connectivity index (χ1) is 60.7. The van der Waals surface area contributed by atoms with Crippen molar-refractivity contribution in [3.8, 4) is 0 Å². The minimum absolute atomic E-state index is 0.0941. The molecule has 15 unspecified atom stereocenters. The number of hydrogen-bond donors (Lipinski definition) is 0. The second-order valence-electron chi connectivity index (χ2n) is 29.6. The number of carbonyl (C=O) groups excluding carboxylic acids is 10. The molecule has 127 heavy (non-hydrogen) atoms. The molecule has 7 aliphatic rings. The fraction of sp³-hybridized carbons (Fsp3) is 0.797. The van der Waals surface area contributed by atoms with Gasteiger partial charge in [0.25, 0.3) is 0 Å². The molecule has 0 radical (unpaired) electrons. The van der Waals surface area contributed by atoms with Crippen LogP contribution < -0.4 is 0 Å². The van der Waals surface area contributed by atoms with Gasteiger partial charge in [-0.2, -0.15) is 0 Å². The van der Waals surface area contributed by atoms with Crippen LogP contribution in [0.1, 0.15) is 72.7 Å². The maximum atomic E-state index is 14.1. The zero-order chi connectivity index (χ0) is 93.2. The number of rotatable bonds is 43. The molecule has 1 aromatic rings. The Morgan fingerprint density at radius 2 is 0.504 bits per heavy atom. The fourth-order valence-corrected chi connectivity index (χ4v) is 16.0. The minimum atomic E-state index is -2.03. The number of methoxy groups -OCH3 is 12. The summed E-state index contributed by atoms with van der Waals surface area (Å²) in [5.41, 5.74) is 9.78. The van der Waals surface area contributed by atoms with Crippen molar-refractivity contribution in [1.29, 1.82) is 0 Å². The number of azide groups is 1. The molecule has 0 aromatic heterocycles. The summed E-state index contributed by atoms with van der Waals surface area (Å²) in [6.45, 7) is 5.94. The molecule has 7 heterocycles. The van der Waals surface area contributed by atoms with Gasteiger partial charge >= 0.3 is 59.7 Å².